The van der Waals surface area contributed by atoms with Crippen LogP contribution in [0.2, 0.25) is 5.04 Å². The number of hydrogen-bond donors (Lipinski definition) is 1. The van der Waals surface area contributed by atoms with Crippen LogP contribution in [0.15, 0.2) is 84.0 Å². The monoisotopic (exact) mass is 1160 g/mol. The van der Waals surface area contributed by atoms with E-state index in [2.05, 4.69) is 121 Å². The van der Waals surface area contributed by atoms with Gasteiger partial charge in [-0.15, -0.1) is 0 Å². The maximum atomic E-state index is 15.6. The number of hydrogen-bond acceptors (Lipinski definition) is 14. The van der Waals surface area contributed by atoms with E-state index in [4.69, 9.17) is 51.8 Å². The number of fused-ring (bicyclic) bond motifs is 3. The van der Waals surface area contributed by atoms with Crippen molar-refractivity contribution in [3.63, 3.8) is 0 Å². The van der Waals surface area contributed by atoms with Gasteiger partial charge in [-0.25, -0.2) is 4.79 Å². The highest BCUT2D eigenvalue weighted by Gasteiger charge is 2.66. The highest BCUT2D eigenvalue weighted by molar-refractivity contribution is 6.99. The van der Waals surface area contributed by atoms with Crippen molar-refractivity contribution in [2.75, 3.05) is 34.5 Å². The van der Waals surface area contributed by atoms with Gasteiger partial charge in [-0.1, -0.05) is 120 Å². The van der Waals surface area contributed by atoms with E-state index in [0.717, 1.165) is 36.8 Å². The number of nitrogens with zero attached hydrogens (tertiary/aromatic N) is 1. The molecule has 2 aromatic carbocycles. The molecule has 0 radical (unpaired) electrons. The van der Waals surface area contributed by atoms with Gasteiger partial charge in [-0.2, -0.15) is 0 Å². The fourth-order valence-corrected chi connectivity index (χ4v) is 20.1. The molecule has 0 unspecified atom stereocenters. The Balaban J connectivity index is 1.09. The van der Waals surface area contributed by atoms with Crippen LogP contribution < -0.4 is 10.4 Å². The molecule has 16 heteroatoms. The fourth-order valence-electron chi connectivity index (χ4n) is 15.4. The number of allylic oxidation sites excluding steroid dienone is 2. The van der Waals surface area contributed by atoms with E-state index >= 15 is 9.59 Å². The van der Waals surface area contributed by atoms with Gasteiger partial charge in [0.2, 0.25) is 5.79 Å². The fraction of sp³-hybridized carbons (Fsp3) is 0.727. The maximum Gasteiger partial charge on any atom is 0.329 e. The molecule has 15 nitrogen and oxygen atoms in total. The zero-order valence-corrected chi connectivity index (χ0v) is 53.0. The highest BCUT2D eigenvalue weighted by atomic mass is 28.4. The molecule has 2 spiro atoms. The third-order valence-electron chi connectivity index (χ3n) is 19.2. The van der Waals surface area contributed by atoms with Crippen molar-refractivity contribution in [1.29, 1.82) is 0 Å². The number of amides is 1. The van der Waals surface area contributed by atoms with Crippen LogP contribution in [0, 0.1) is 29.6 Å². The number of aliphatic hydroxyl groups excluding tert-OH is 1. The average molecular weight is 1160 g/mol. The van der Waals surface area contributed by atoms with E-state index in [0.29, 0.717) is 51.5 Å². The molecule has 1 N–H and O–H groups in total. The number of methoxy groups -OCH3 is 3. The smallest absolute Gasteiger partial charge is 0.329 e. The Labute approximate surface area is 490 Å². The van der Waals surface area contributed by atoms with E-state index < -0.39 is 86.0 Å². The molecule has 5 saturated heterocycles. The summed E-state index contributed by atoms with van der Waals surface area (Å²) in [4.78, 5) is 32.8. The lowest BCUT2D eigenvalue weighted by Gasteiger charge is -2.54. The van der Waals surface area contributed by atoms with Crippen LogP contribution >= 0.6 is 0 Å². The third-order valence-corrected chi connectivity index (χ3v) is 24.3. The normalized spacial score (nSPS) is 39.6. The molecular formula is C66H99NO14Si. The van der Waals surface area contributed by atoms with Crippen molar-refractivity contribution in [3.8, 4) is 0 Å². The SMILES string of the molecule is CO[C@H]1C[C@@H](C)C/C(C)=C/[C@H]2C[C@@H](O)CO[C@@]23C[C@H](OC(C)(C)O3)[C@@H](C)[C@@H](/C(C)=C/[C@@H]2CC[C@@H](O[Si](c3ccccc3)(c3ccccc3)C(C)(C)C)[C@H](OC)C2)OC(=O)[C@@H]2CCCCN2C(=O)[C@@H]2OC(C)(C)O[C@@]23O[C@H]1[C@@H](OC)C[C@H]3C. The minimum atomic E-state index is -2.91. The molecule has 0 aromatic heterocycles. The van der Waals surface area contributed by atoms with Crippen LogP contribution in [0.25, 0.3) is 0 Å². The van der Waals surface area contributed by atoms with Crippen molar-refractivity contribution in [1.82, 2.24) is 4.90 Å². The second-order valence-electron chi connectivity index (χ2n) is 27.4. The van der Waals surface area contributed by atoms with E-state index in [1.807, 2.05) is 34.6 Å². The van der Waals surface area contributed by atoms with Crippen LogP contribution in [-0.4, -0.2) is 149 Å². The first-order valence-electron chi connectivity index (χ1n) is 30.8. The zero-order chi connectivity index (χ0) is 59.2. The molecule has 6 heterocycles. The Morgan fingerprint density at radius 1 is 0.768 bits per heavy atom. The largest absolute Gasteiger partial charge is 0.456 e. The highest BCUT2D eigenvalue weighted by Crippen LogP contribution is 2.52. The Morgan fingerprint density at radius 3 is 2.04 bits per heavy atom. The number of carbonyl (C=O) groups excluding carboxylic acids is 2. The van der Waals surface area contributed by atoms with Gasteiger partial charge >= 0.3 is 5.97 Å². The lowest BCUT2D eigenvalue weighted by atomic mass is 9.78. The van der Waals surface area contributed by atoms with E-state index in [1.165, 1.54) is 10.4 Å². The molecule has 7 aliphatic rings. The van der Waals surface area contributed by atoms with E-state index in [1.54, 1.807) is 26.2 Å². The molecule has 9 rings (SSSR count). The van der Waals surface area contributed by atoms with Crippen molar-refractivity contribution in [2.24, 2.45) is 29.6 Å². The quantitative estimate of drug-likeness (QED) is 0.144. The minimum absolute atomic E-state index is 0.0602. The lowest BCUT2D eigenvalue weighted by Crippen LogP contribution is -2.68. The summed E-state index contributed by atoms with van der Waals surface area (Å²) in [5.74, 6) is -6.80. The second-order valence-corrected chi connectivity index (χ2v) is 31.6. The van der Waals surface area contributed by atoms with Gasteiger partial charge in [-0.3, -0.25) is 4.79 Å². The van der Waals surface area contributed by atoms with Crippen molar-refractivity contribution in [2.45, 2.75) is 243 Å². The number of benzene rings is 2. The van der Waals surface area contributed by atoms with Crippen LogP contribution in [-0.2, 0) is 61.4 Å². The first-order valence-corrected chi connectivity index (χ1v) is 32.7. The number of rotatable bonds is 9. The number of carbonyl (C=O) groups is 2. The Morgan fingerprint density at radius 2 is 1.40 bits per heavy atom. The van der Waals surface area contributed by atoms with Crippen LogP contribution in [0.1, 0.15) is 154 Å². The number of aliphatic hydroxyl groups is 1. The third kappa shape index (κ3) is 12.9. The molecule has 6 fully saturated rings. The van der Waals surface area contributed by atoms with Gasteiger partial charge in [0.15, 0.2) is 23.5 Å². The molecular weight excluding hydrogens is 1060 g/mol. The molecule has 456 valence electrons. The van der Waals surface area contributed by atoms with Crippen molar-refractivity contribution in [3.05, 3.63) is 84.0 Å². The van der Waals surface area contributed by atoms with E-state index in [9.17, 15) is 5.11 Å². The molecule has 1 aliphatic carbocycles. The van der Waals surface area contributed by atoms with Gasteiger partial charge in [-0.05, 0) is 139 Å². The topological polar surface area (TPSA) is 159 Å². The summed E-state index contributed by atoms with van der Waals surface area (Å²) in [6, 6.07) is 20.6. The average Bonchev–Trinajstić information content (AvgIpc) is 3.87. The lowest BCUT2D eigenvalue weighted by molar-refractivity contribution is -0.428. The predicted octanol–water partition coefficient (Wildman–Crippen LogP) is 9.94. The van der Waals surface area contributed by atoms with Crippen LogP contribution in [0.3, 0.4) is 0 Å². The number of piperidine rings is 1. The number of ether oxygens (including phenoxy) is 10. The van der Waals surface area contributed by atoms with Gasteiger partial charge < -0.3 is 61.8 Å². The van der Waals surface area contributed by atoms with Crippen molar-refractivity contribution < 1.29 is 66.5 Å². The number of esters is 1. The standard InChI is InChI=1S/C66H99NO14Si/c1-41-32-42(2)34-54(72-14)58-55(73-15)36-44(4)66(77-58)59(78-64(11,12)81-66)60(69)67-31-23-22-28-51(67)61(70)75-57(45(5)56-39-65(80-63(9,10)76-56)47(33-41)38-48(68)40-74-65)43(3)35-46-29-30-52(53(37-46)71-13)79-82(62(6,7)8,49-24-18-16-19-25-49)50-26-20-17-21-27-50/h16-21,24-27,33,35,42,44-48,51-59,68H,22-23,28-32,34,36-40H2,1-15H3/b41-33+,43-35+/t42-,44+,45+,46-,47-,48+,51-,52+,53+,54-,55-,56-,57+,58+,59-,65+,66+/m0/s1. The zero-order valence-electron chi connectivity index (χ0n) is 52.0. The van der Waals surface area contributed by atoms with Gasteiger partial charge in [0, 0.05) is 52.0 Å². The number of cyclic esters (lactones) is 1. The minimum Gasteiger partial charge on any atom is -0.456 e. The van der Waals surface area contributed by atoms with Crippen LogP contribution in [0.4, 0.5) is 0 Å². The predicted molar refractivity (Wildman–Crippen MR) is 315 cm³/mol. The molecule has 17 atom stereocenters. The maximum absolute atomic E-state index is 15.6. The summed E-state index contributed by atoms with van der Waals surface area (Å²) in [5, 5.41) is 13.5. The summed E-state index contributed by atoms with van der Waals surface area (Å²) >= 11 is 0. The summed E-state index contributed by atoms with van der Waals surface area (Å²) < 4.78 is 75.1. The Kier molecular flexibility index (Phi) is 19.4. The van der Waals surface area contributed by atoms with Crippen LogP contribution in [0.5, 0.6) is 0 Å². The summed E-state index contributed by atoms with van der Waals surface area (Å²) in [6.45, 7) is 25.3. The molecule has 82 heavy (non-hydrogen) atoms. The first-order chi connectivity index (χ1) is 38.8. The van der Waals surface area contributed by atoms with Crippen molar-refractivity contribution >= 4 is 30.6 Å². The molecule has 4 bridgehead atoms. The first kappa shape index (κ1) is 63.1. The summed E-state index contributed by atoms with van der Waals surface area (Å²) in [5.41, 5.74) is 2.00. The van der Waals surface area contributed by atoms with Gasteiger partial charge in [0.05, 0.1) is 43.2 Å². The van der Waals surface area contributed by atoms with Gasteiger partial charge in [0.1, 0.15) is 18.2 Å². The second kappa shape index (κ2) is 25.2. The molecule has 6 aliphatic heterocycles. The summed E-state index contributed by atoms with van der Waals surface area (Å²) in [6.07, 6.45) is 6.18. The molecule has 1 saturated carbocycles. The van der Waals surface area contributed by atoms with Gasteiger partial charge in [0.25, 0.3) is 14.2 Å². The molecule has 2 aromatic rings. The summed E-state index contributed by atoms with van der Waals surface area (Å²) in [7, 11) is 2.25. The van der Waals surface area contributed by atoms with E-state index in [-0.39, 0.29) is 59.5 Å². The Bertz CT molecular complexity index is 2510. The molecule has 1 amide bonds. The Hall–Kier alpha value is -3.36.